The summed E-state index contributed by atoms with van der Waals surface area (Å²) >= 11 is 0. The van der Waals surface area contributed by atoms with Crippen molar-refractivity contribution in [2.24, 2.45) is 10.7 Å². The first-order valence-corrected chi connectivity index (χ1v) is 5.76. The van der Waals surface area contributed by atoms with Crippen LogP contribution in [0.15, 0.2) is 4.99 Å². The van der Waals surface area contributed by atoms with Crippen LogP contribution in [0.25, 0.3) is 0 Å². The molecular formula is C11H22N4O2. The average molecular weight is 242 g/mol. The summed E-state index contributed by atoms with van der Waals surface area (Å²) in [6.45, 7) is 7.49. The SMILES string of the molecule is COC(=O)NC1CCN(C(N)=NC(C)(C)C)C1. The Morgan fingerprint density at radius 2 is 2.18 bits per heavy atom. The number of methoxy groups -OCH3 is 1. The highest BCUT2D eigenvalue weighted by Gasteiger charge is 2.26. The minimum atomic E-state index is -0.400. The summed E-state index contributed by atoms with van der Waals surface area (Å²) in [4.78, 5) is 17.4. The fourth-order valence-electron chi connectivity index (χ4n) is 1.73. The number of hydrogen-bond donors (Lipinski definition) is 2. The largest absolute Gasteiger partial charge is 0.453 e. The van der Waals surface area contributed by atoms with Gasteiger partial charge < -0.3 is 20.7 Å². The molecule has 0 aromatic carbocycles. The van der Waals surface area contributed by atoms with Gasteiger partial charge in [-0.25, -0.2) is 9.79 Å². The maximum absolute atomic E-state index is 11.1. The number of rotatable bonds is 1. The lowest BCUT2D eigenvalue weighted by Gasteiger charge is -2.21. The Hall–Kier alpha value is -1.46. The molecule has 1 heterocycles. The van der Waals surface area contributed by atoms with Crippen LogP contribution >= 0.6 is 0 Å². The van der Waals surface area contributed by atoms with Crippen molar-refractivity contribution in [2.75, 3.05) is 20.2 Å². The highest BCUT2D eigenvalue weighted by atomic mass is 16.5. The third kappa shape index (κ3) is 4.50. The summed E-state index contributed by atoms with van der Waals surface area (Å²) in [6, 6.07) is 0.0798. The number of carbonyl (C=O) groups is 1. The average Bonchev–Trinajstić information content (AvgIpc) is 2.63. The molecule has 0 spiro atoms. The fourth-order valence-corrected chi connectivity index (χ4v) is 1.73. The van der Waals surface area contributed by atoms with Crippen LogP contribution in [-0.2, 0) is 4.74 Å². The quantitative estimate of drug-likeness (QED) is 0.519. The molecule has 6 nitrogen and oxygen atoms in total. The summed E-state index contributed by atoms with van der Waals surface area (Å²) in [7, 11) is 1.36. The van der Waals surface area contributed by atoms with Crippen LogP contribution in [-0.4, -0.2) is 48.7 Å². The Bertz CT molecular complexity index is 309. The van der Waals surface area contributed by atoms with Crippen LogP contribution in [0.3, 0.4) is 0 Å². The number of amides is 1. The van der Waals surface area contributed by atoms with Gasteiger partial charge in [0, 0.05) is 13.1 Å². The van der Waals surface area contributed by atoms with E-state index in [0.717, 1.165) is 13.0 Å². The minimum Gasteiger partial charge on any atom is -0.453 e. The van der Waals surface area contributed by atoms with Crippen LogP contribution in [0.2, 0.25) is 0 Å². The van der Waals surface area contributed by atoms with Crippen molar-refractivity contribution in [1.82, 2.24) is 10.2 Å². The molecule has 1 fully saturated rings. The van der Waals surface area contributed by atoms with Crippen molar-refractivity contribution in [3.05, 3.63) is 0 Å². The molecule has 1 amide bonds. The number of aliphatic imine (C=N–C) groups is 1. The number of nitrogens with two attached hydrogens (primary N) is 1. The zero-order chi connectivity index (χ0) is 13.1. The molecule has 3 N–H and O–H groups in total. The van der Waals surface area contributed by atoms with Gasteiger partial charge in [-0.05, 0) is 27.2 Å². The smallest absolute Gasteiger partial charge is 0.407 e. The first kappa shape index (κ1) is 13.6. The molecule has 0 aromatic rings. The van der Waals surface area contributed by atoms with Crippen molar-refractivity contribution in [3.63, 3.8) is 0 Å². The van der Waals surface area contributed by atoms with Gasteiger partial charge in [0.15, 0.2) is 5.96 Å². The van der Waals surface area contributed by atoms with E-state index in [1.165, 1.54) is 7.11 Å². The third-order valence-electron chi connectivity index (χ3n) is 2.47. The molecule has 6 heteroatoms. The second kappa shape index (κ2) is 5.25. The number of nitrogens with one attached hydrogen (secondary N) is 1. The van der Waals surface area contributed by atoms with Gasteiger partial charge in [0.1, 0.15) is 0 Å². The van der Waals surface area contributed by atoms with E-state index in [1.54, 1.807) is 0 Å². The van der Waals surface area contributed by atoms with Gasteiger partial charge in [-0.3, -0.25) is 0 Å². The molecule has 98 valence electrons. The zero-order valence-electron chi connectivity index (χ0n) is 11.0. The lowest BCUT2D eigenvalue weighted by Crippen LogP contribution is -2.41. The van der Waals surface area contributed by atoms with E-state index in [2.05, 4.69) is 15.0 Å². The van der Waals surface area contributed by atoms with Crippen molar-refractivity contribution in [2.45, 2.75) is 38.8 Å². The van der Waals surface area contributed by atoms with Crippen LogP contribution in [0, 0.1) is 0 Å². The predicted molar refractivity (Wildman–Crippen MR) is 66.9 cm³/mol. The molecule has 1 rings (SSSR count). The molecule has 1 unspecified atom stereocenters. The molecule has 0 aromatic heterocycles. The van der Waals surface area contributed by atoms with E-state index < -0.39 is 6.09 Å². The lowest BCUT2D eigenvalue weighted by atomic mass is 10.1. The highest BCUT2D eigenvalue weighted by Crippen LogP contribution is 2.12. The van der Waals surface area contributed by atoms with Crippen LogP contribution in [0.1, 0.15) is 27.2 Å². The summed E-state index contributed by atoms with van der Waals surface area (Å²) in [5.41, 5.74) is 5.74. The number of nitrogens with zero attached hydrogens (tertiary/aromatic N) is 2. The standard InChI is InChI=1S/C11H22N4O2/c1-11(2,3)14-9(12)15-6-5-8(7-15)13-10(16)17-4/h8H,5-7H2,1-4H3,(H2,12,14)(H,13,16). The topological polar surface area (TPSA) is 80.0 Å². The van der Waals surface area contributed by atoms with Crippen molar-refractivity contribution in [1.29, 1.82) is 0 Å². The molecule has 17 heavy (non-hydrogen) atoms. The summed E-state index contributed by atoms with van der Waals surface area (Å²) in [5.74, 6) is 0.534. The van der Waals surface area contributed by atoms with Gasteiger partial charge >= 0.3 is 6.09 Å². The monoisotopic (exact) mass is 242 g/mol. The third-order valence-corrected chi connectivity index (χ3v) is 2.47. The van der Waals surface area contributed by atoms with Crippen molar-refractivity contribution < 1.29 is 9.53 Å². The highest BCUT2D eigenvalue weighted by molar-refractivity contribution is 5.79. The Morgan fingerprint density at radius 3 is 2.71 bits per heavy atom. The Kier molecular flexibility index (Phi) is 4.20. The van der Waals surface area contributed by atoms with Crippen LogP contribution < -0.4 is 11.1 Å². The molecule has 0 saturated carbocycles. The number of guanidine groups is 1. The summed E-state index contributed by atoms with van der Waals surface area (Å²) in [5, 5.41) is 2.76. The van der Waals surface area contributed by atoms with Crippen LogP contribution in [0.4, 0.5) is 4.79 Å². The molecule has 0 radical (unpaired) electrons. The van der Waals surface area contributed by atoms with Crippen molar-refractivity contribution >= 4 is 12.1 Å². The van der Waals surface area contributed by atoms with E-state index in [9.17, 15) is 4.79 Å². The van der Waals surface area contributed by atoms with E-state index in [4.69, 9.17) is 5.73 Å². The second-order valence-electron chi connectivity index (χ2n) is 5.21. The molecule has 1 atom stereocenters. The predicted octanol–water partition coefficient (Wildman–Crippen LogP) is 0.530. The Labute approximate surface area is 102 Å². The van der Waals surface area contributed by atoms with E-state index >= 15 is 0 Å². The molecule has 1 aliphatic heterocycles. The lowest BCUT2D eigenvalue weighted by molar-refractivity contribution is 0.167. The van der Waals surface area contributed by atoms with Crippen LogP contribution in [0.5, 0.6) is 0 Å². The first-order chi connectivity index (χ1) is 7.81. The Morgan fingerprint density at radius 1 is 1.53 bits per heavy atom. The summed E-state index contributed by atoms with van der Waals surface area (Å²) < 4.78 is 4.56. The maximum atomic E-state index is 11.1. The number of hydrogen-bond acceptors (Lipinski definition) is 3. The van der Waals surface area contributed by atoms with Crippen molar-refractivity contribution in [3.8, 4) is 0 Å². The fraction of sp³-hybridized carbons (Fsp3) is 0.818. The molecule has 1 aliphatic rings. The second-order valence-corrected chi connectivity index (χ2v) is 5.21. The van der Waals surface area contributed by atoms with Gasteiger partial charge in [-0.2, -0.15) is 0 Å². The van der Waals surface area contributed by atoms with Gasteiger partial charge in [-0.1, -0.05) is 0 Å². The Balaban J connectivity index is 2.50. The molecule has 0 aliphatic carbocycles. The van der Waals surface area contributed by atoms with Gasteiger partial charge in [0.2, 0.25) is 0 Å². The van der Waals surface area contributed by atoms with Gasteiger partial charge in [0.25, 0.3) is 0 Å². The van der Waals surface area contributed by atoms with Gasteiger partial charge in [-0.15, -0.1) is 0 Å². The van der Waals surface area contributed by atoms with E-state index in [1.807, 2.05) is 25.7 Å². The number of ether oxygens (including phenoxy) is 1. The molecule has 0 bridgehead atoms. The zero-order valence-corrected chi connectivity index (χ0v) is 11.0. The molecular weight excluding hydrogens is 220 g/mol. The number of likely N-dealkylation sites (tertiary alicyclic amines) is 1. The normalized spacial score (nSPS) is 21.5. The van der Waals surface area contributed by atoms with E-state index in [0.29, 0.717) is 12.5 Å². The maximum Gasteiger partial charge on any atom is 0.407 e. The number of carbonyl (C=O) groups excluding carboxylic acids is 1. The summed E-state index contributed by atoms with van der Waals surface area (Å²) in [6.07, 6.45) is 0.457. The number of alkyl carbamates (subject to hydrolysis) is 1. The first-order valence-electron chi connectivity index (χ1n) is 5.76. The van der Waals surface area contributed by atoms with E-state index in [-0.39, 0.29) is 11.6 Å². The van der Waals surface area contributed by atoms with Gasteiger partial charge in [0.05, 0.1) is 18.7 Å². The molecule has 1 saturated heterocycles. The minimum absolute atomic E-state index is 0.0798.